The van der Waals surface area contributed by atoms with Gasteiger partial charge in [0.05, 0.1) is 11.1 Å². The Bertz CT molecular complexity index is 724. The van der Waals surface area contributed by atoms with Crippen molar-refractivity contribution in [2.45, 2.75) is 31.7 Å². The zero-order valence-electron chi connectivity index (χ0n) is 14.9. The predicted octanol–water partition coefficient (Wildman–Crippen LogP) is 1.41. The third-order valence-corrected chi connectivity index (χ3v) is 5.19. The molecule has 1 saturated heterocycles. The lowest BCUT2D eigenvalue weighted by atomic mass is 10.0. The van der Waals surface area contributed by atoms with Crippen molar-refractivity contribution >= 4 is 35.2 Å². The van der Waals surface area contributed by atoms with E-state index in [-0.39, 0.29) is 24.4 Å². The number of likely N-dealkylation sites (tertiary alicyclic amines) is 1. The highest BCUT2D eigenvalue weighted by molar-refractivity contribution is 6.22. The molecule has 1 fully saturated rings. The summed E-state index contributed by atoms with van der Waals surface area (Å²) in [5.74, 6) is -0.670. The summed E-state index contributed by atoms with van der Waals surface area (Å²) < 4.78 is 0. The molecule has 7 nitrogen and oxygen atoms in total. The molecule has 0 unspecified atom stereocenters. The van der Waals surface area contributed by atoms with Crippen LogP contribution in [0.1, 0.15) is 46.4 Å². The van der Waals surface area contributed by atoms with E-state index < -0.39 is 11.8 Å². The molecule has 144 valence electrons. The van der Waals surface area contributed by atoms with Crippen LogP contribution in [0.4, 0.5) is 0 Å². The van der Waals surface area contributed by atoms with E-state index in [1.807, 2.05) is 0 Å². The number of hydrogen-bond donors (Lipinski definition) is 1. The number of nitrogens with zero attached hydrogens (tertiary/aromatic N) is 2. The maximum atomic E-state index is 12.5. The Morgan fingerprint density at radius 2 is 1.67 bits per heavy atom. The van der Waals surface area contributed by atoms with Crippen molar-refractivity contribution in [3.05, 3.63) is 35.4 Å². The average molecular weight is 392 g/mol. The second kappa shape index (κ2) is 8.52. The molecule has 0 bridgehead atoms. The highest BCUT2D eigenvalue weighted by atomic mass is 35.5. The highest BCUT2D eigenvalue weighted by Gasteiger charge is 2.37. The maximum absolute atomic E-state index is 12.5. The largest absolute Gasteiger partial charge is 0.353 e. The number of carbonyl (C=O) groups is 4. The zero-order chi connectivity index (χ0) is 19.4. The molecule has 0 saturated carbocycles. The summed E-state index contributed by atoms with van der Waals surface area (Å²) in [6.45, 7) is 0.726. The normalized spacial score (nSPS) is 17.2. The van der Waals surface area contributed by atoms with Gasteiger partial charge in [0, 0.05) is 31.4 Å². The molecule has 27 heavy (non-hydrogen) atoms. The average Bonchev–Trinajstić information content (AvgIpc) is 2.92. The monoisotopic (exact) mass is 391 g/mol. The number of benzene rings is 1. The Labute approximate surface area is 162 Å². The number of rotatable bonds is 6. The van der Waals surface area contributed by atoms with Crippen molar-refractivity contribution in [2.24, 2.45) is 0 Å². The quantitative estimate of drug-likeness (QED) is 0.586. The van der Waals surface area contributed by atoms with Crippen LogP contribution in [0.15, 0.2) is 24.3 Å². The number of piperidine rings is 1. The molecule has 1 aromatic carbocycles. The molecule has 4 amide bonds. The van der Waals surface area contributed by atoms with Crippen LogP contribution >= 0.6 is 11.6 Å². The van der Waals surface area contributed by atoms with Crippen molar-refractivity contribution in [2.75, 3.05) is 25.5 Å². The summed E-state index contributed by atoms with van der Waals surface area (Å²) >= 11 is 5.59. The van der Waals surface area contributed by atoms with Crippen LogP contribution in [0, 0.1) is 0 Å². The van der Waals surface area contributed by atoms with E-state index in [1.54, 1.807) is 29.2 Å². The fourth-order valence-corrected chi connectivity index (χ4v) is 3.55. The van der Waals surface area contributed by atoms with E-state index in [9.17, 15) is 19.2 Å². The van der Waals surface area contributed by atoms with Gasteiger partial charge in [0.1, 0.15) is 6.54 Å². The molecular weight excluding hydrogens is 370 g/mol. The lowest BCUT2D eigenvalue weighted by molar-refractivity contribution is -0.132. The van der Waals surface area contributed by atoms with Gasteiger partial charge in [-0.1, -0.05) is 12.1 Å². The minimum Gasteiger partial charge on any atom is -0.353 e. The van der Waals surface area contributed by atoms with E-state index in [0.29, 0.717) is 55.8 Å². The molecule has 2 heterocycles. The third-order valence-electron chi connectivity index (χ3n) is 4.92. The molecule has 8 heteroatoms. The first kappa shape index (κ1) is 19.4. The van der Waals surface area contributed by atoms with E-state index in [4.69, 9.17) is 11.6 Å². The Balaban J connectivity index is 1.50. The van der Waals surface area contributed by atoms with Crippen LogP contribution in [0.3, 0.4) is 0 Å². The maximum Gasteiger partial charge on any atom is 0.262 e. The molecular formula is C19H22ClN3O4. The molecule has 1 aromatic rings. The fraction of sp³-hybridized carbons (Fsp3) is 0.474. The van der Waals surface area contributed by atoms with Gasteiger partial charge in [0.25, 0.3) is 11.8 Å². The van der Waals surface area contributed by atoms with Gasteiger partial charge in [-0.2, -0.15) is 0 Å². The van der Waals surface area contributed by atoms with E-state index in [1.165, 1.54) is 0 Å². The third kappa shape index (κ3) is 4.30. The van der Waals surface area contributed by atoms with Crippen molar-refractivity contribution < 1.29 is 19.2 Å². The summed E-state index contributed by atoms with van der Waals surface area (Å²) in [5, 5.41) is 2.96. The Kier molecular flexibility index (Phi) is 6.11. The summed E-state index contributed by atoms with van der Waals surface area (Å²) in [4.78, 5) is 51.7. The van der Waals surface area contributed by atoms with Crippen LogP contribution in [0.25, 0.3) is 0 Å². The number of fused-ring (bicyclic) bond motifs is 1. The summed E-state index contributed by atoms with van der Waals surface area (Å²) in [6, 6.07) is 6.62. The van der Waals surface area contributed by atoms with Crippen LogP contribution in [-0.2, 0) is 9.59 Å². The van der Waals surface area contributed by atoms with Gasteiger partial charge in [0.2, 0.25) is 11.8 Å². The lowest BCUT2D eigenvalue weighted by Crippen LogP contribution is -2.49. The first-order valence-corrected chi connectivity index (χ1v) is 9.63. The minimum absolute atomic E-state index is 0.0218. The van der Waals surface area contributed by atoms with Gasteiger partial charge in [-0.3, -0.25) is 24.1 Å². The molecule has 0 atom stereocenters. The SMILES string of the molecule is O=C(CCCCl)NC1CCN(C(=O)CN2C(=O)c3ccccc3C2=O)CC1. The molecule has 2 aliphatic rings. The molecule has 0 spiro atoms. The summed E-state index contributed by atoms with van der Waals surface area (Å²) in [6.07, 6.45) is 2.36. The van der Waals surface area contributed by atoms with Crippen LogP contribution < -0.4 is 5.32 Å². The number of amides is 4. The summed E-state index contributed by atoms with van der Waals surface area (Å²) in [5.41, 5.74) is 0.683. The lowest BCUT2D eigenvalue weighted by Gasteiger charge is -2.33. The first-order valence-electron chi connectivity index (χ1n) is 9.09. The number of alkyl halides is 1. The van der Waals surface area contributed by atoms with Crippen molar-refractivity contribution in [1.82, 2.24) is 15.1 Å². The Morgan fingerprint density at radius 3 is 2.22 bits per heavy atom. The van der Waals surface area contributed by atoms with Gasteiger partial charge in [-0.15, -0.1) is 11.6 Å². The van der Waals surface area contributed by atoms with Crippen molar-refractivity contribution in [1.29, 1.82) is 0 Å². The number of hydrogen-bond acceptors (Lipinski definition) is 4. The molecule has 0 radical (unpaired) electrons. The number of nitrogens with one attached hydrogen (secondary N) is 1. The predicted molar refractivity (Wildman–Crippen MR) is 99.5 cm³/mol. The number of halogens is 1. The van der Waals surface area contributed by atoms with Gasteiger partial charge in [-0.25, -0.2) is 0 Å². The Morgan fingerprint density at radius 1 is 1.07 bits per heavy atom. The molecule has 0 aromatic heterocycles. The standard InChI is InChI=1S/C19H22ClN3O4/c20-9-3-6-16(24)21-13-7-10-22(11-8-13)17(25)12-23-18(26)14-4-1-2-5-15(14)19(23)27/h1-2,4-5,13H,3,6-12H2,(H,21,24). The number of carbonyl (C=O) groups excluding carboxylic acids is 4. The van der Waals surface area contributed by atoms with Crippen molar-refractivity contribution in [3.8, 4) is 0 Å². The van der Waals surface area contributed by atoms with E-state index in [0.717, 1.165) is 4.90 Å². The smallest absolute Gasteiger partial charge is 0.262 e. The van der Waals surface area contributed by atoms with Gasteiger partial charge >= 0.3 is 0 Å². The van der Waals surface area contributed by atoms with Crippen molar-refractivity contribution in [3.63, 3.8) is 0 Å². The van der Waals surface area contributed by atoms with E-state index >= 15 is 0 Å². The topological polar surface area (TPSA) is 86.8 Å². The molecule has 3 rings (SSSR count). The van der Waals surface area contributed by atoms with Gasteiger partial charge in [-0.05, 0) is 31.4 Å². The summed E-state index contributed by atoms with van der Waals surface area (Å²) in [7, 11) is 0. The van der Waals surface area contributed by atoms with Crippen LogP contribution in [-0.4, -0.2) is 65.0 Å². The first-order chi connectivity index (χ1) is 13.0. The minimum atomic E-state index is -0.426. The van der Waals surface area contributed by atoms with Gasteiger partial charge in [0.15, 0.2) is 0 Å². The van der Waals surface area contributed by atoms with Crippen LogP contribution in [0.5, 0.6) is 0 Å². The molecule has 0 aliphatic carbocycles. The zero-order valence-corrected chi connectivity index (χ0v) is 15.7. The van der Waals surface area contributed by atoms with Crippen LogP contribution in [0.2, 0.25) is 0 Å². The highest BCUT2D eigenvalue weighted by Crippen LogP contribution is 2.22. The second-order valence-electron chi connectivity index (χ2n) is 6.76. The molecule has 1 N–H and O–H groups in total. The second-order valence-corrected chi connectivity index (χ2v) is 7.14. The Hall–Kier alpha value is -2.41. The van der Waals surface area contributed by atoms with E-state index in [2.05, 4.69) is 5.32 Å². The molecule has 2 aliphatic heterocycles. The fourth-order valence-electron chi connectivity index (χ4n) is 3.42. The van der Waals surface area contributed by atoms with Gasteiger partial charge < -0.3 is 10.2 Å². The number of imide groups is 1.